The van der Waals surface area contributed by atoms with Gasteiger partial charge in [0, 0.05) is 43.1 Å². The summed E-state index contributed by atoms with van der Waals surface area (Å²) in [7, 11) is 0. The van der Waals surface area contributed by atoms with E-state index in [0.717, 1.165) is 43.1 Å². The van der Waals surface area contributed by atoms with Gasteiger partial charge in [-0.25, -0.2) is 4.98 Å². The van der Waals surface area contributed by atoms with Crippen LogP contribution in [0.5, 0.6) is 0 Å². The monoisotopic (exact) mass is 345 g/mol. The molecule has 24 heavy (non-hydrogen) atoms. The number of hydrogen-bond acceptors (Lipinski definition) is 5. The minimum absolute atomic E-state index is 0.0374. The van der Waals surface area contributed by atoms with E-state index in [0.29, 0.717) is 5.89 Å². The molecule has 5 nitrogen and oxygen atoms in total. The topological polar surface area (TPSA) is 58.4 Å². The van der Waals surface area contributed by atoms with Crippen molar-refractivity contribution in [3.63, 3.8) is 0 Å². The van der Waals surface area contributed by atoms with Gasteiger partial charge in [-0.2, -0.15) is 0 Å². The minimum Gasteiger partial charge on any atom is -0.441 e. The highest BCUT2D eigenvalue weighted by molar-refractivity contribution is 7.98. The van der Waals surface area contributed by atoms with Gasteiger partial charge in [-0.05, 0) is 43.9 Å². The lowest BCUT2D eigenvalue weighted by Crippen LogP contribution is -2.35. The Morgan fingerprint density at radius 1 is 1.42 bits per heavy atom. The molecule has 0 bridgehead atoms. The maximum absolute atomic E-state index is 11.2. The normalized spacial score (nSPS) is 18.0. The van der Waals surface area contributed by atoms with Crippen LogP contribution in [-0.4, -0.2) is 41.2 Å². The van der Waals surface area contributed by atoms with Gasteiger partial charge in [-0.15, -0.1) is 11.8 Å². The van der Waals surface area contributed by atoms with E-state index >= 15 is 0 Å². The summed E-state index contributed by atoms with van der Waals surface area (Å²) in [6.45, 7) is 6.12. The van der Waals surface area contributed by atoms with Crippen LogP contribution in [0.3, 0.4) is 0 Å². The number of hydrogen-bond donors (Lipinski definition) is 1. The number of oxazole rings is 1. The Morgan fingerprint density at radius 2 is 2.17 bits per heavy atom. The zero-order chi connectivity index (χ0) is 17.1. The molecule has 0 aliphatic carbocycles. The molecule has 6 heteroatoms. The maximum atomic E-state index is 11.2. The number of aromatic nitrogens is 1. The Labute approximate surface area is 146 Å². The molecule has 0 radical (unpaired) electrons. The van der Waals surface area contributed by atoms with Crippen molar-refractivity contribution in [3.05, 3.63) is 35.7 Å². The highest BCUT2D eigenvalue weighted by atomic mass is 32.2. The van der Waals surface area contributed by atoms with Gasteiger partial charge in [0.2, 0.25) is 11.8 Å². The number of thioether (sulfide) groups is 1. The molecule has 2 aromatic rings. The van der Waals surface area contributed by atoms with Crippen LogP contribution < -0.4 is 5.32 Å². The highest BCUT2D eigenvalue weighted by Crippen LogP contribution is 2.25. The smallest absolute Gasteiger partial charge is 0.226 e. The van der Waals surface area contributed by atoms with Crippen LogP contribution in [0.4, 0.5) is 0 Å². The van der Waals surface area contributed by atoms with Crippen LogP contribution in [0.2, 0.25) is 0 Å². The largest absolute Gasteiger partial charge is 0.441 e. The molecule has 1 atom stereocenters. The number of benzene rings is 1. The van der Waals surface area contributed by atoms with E-state index in [-0.39, 0.29) is 11.9 Å². The molecule has 1 aliphatic heterocycles. The molecule has 1 saturated heterocycles. The third-order valence-corrected chi connectivity index (χ3v) is 5.03. The minimum atomic E-state index is 0.0374. The van der Waals surface area contributed by atoms with Crippen molar-refractivity contribution in [1.29, 1.82) is 0 Å². The van der Waals surface area contributed by atoms with E-state index in [1.807, 2.05) is 19.1 Å². The molecule has 1 N–H and O–H groups in total. The zero-order valence-corrected chi connectivity index (χ0v) is 15.2. The summed E-state index contributed by atoms with van der Waals surface area (Å²) in [6.07, 6.45) is 3.05. The second-order valence-corrected chi connectivity index (χ2v) is 7.05. The van der Waals surface area contributed by atoms with Gasteiger partial charge >= 0.3 is 0 Å². The van der Waals surface area contributed by atoms with Crippen molar-refractivity contribution in [2.75, 3.05) is 19.3 Å². The molecule has 1 aromatic heterocycles. The van der Waals surface area contributed by atoms with Crippen LogP contribution in [0.15, 0.2) is 33.6 Å². The number of likely N-dealkylation sites (tertiary alicyclic amines) is 1. The molecule has 1 amide bonds. The summed E-state index contributed by atoms with van der Waals surface area (Å²) in [6, 6.07) is 8.50. The van der Waals surface area contributed by atoms with Gasteiger partial charge in [0.05, 0.1) is 5.69 Å². The lowest BCUT2D eigenvalue weighted by molar-refractivity contribution is -0.119. The van der Waals surface area contributed by atoms with Crippen LogP contribution in [0, 0.1) is 6.92 Å². The summed E-state index contributed by atoms with van der Waals surface area (Å²) in [5.41, 5.74) is 1.97. The van der Waals surface area contributed by atoms with Gasteiger partial charge in [0.1, 0.15) is 5.76 Å². The van der Waals surface area contributed by atoms with Gasteiger partial charge in [-0.1, -0.05) is 0 Å². The summed E-state index contributed by atoms with van der Waals surface area (Å²) >= 11 is 1.72. The Hall–Kier alpha value is -1.79. The predicted molar refractivity (Wildman–Crippen MR) is 96.0 cm³/mol. The van der Waals surface area contributed by atoms with Crippen LogP contribution in [-0.2, 0) is 11.3 Å². The summed E-state index contributed by atoms with van der Waals surface area (Å²) < 4.78 is 5.86. The third-order valence-electron chi connectivity index (χ3n) is 4.28. The van der Waals surface area contributed by atoms with E-state index in [9.17, 15) is 4.79 Å². The first-order chi connectivity index (χ1) is 11.5. The molecular weight excluding hydrogens is 322 g/mol. The predicted octanol–water partition coefficient (Wildman–Crippen LogP) is 3.08. The molecule has 0 unspecified atom stereocenters. The van der Waals surface area contributed by atoms with Crippen LogP contribution >= 0.6 is 11.8 Å². The van der Waals surface area contributed by atoms with Crippen molar-refractivity contribution in [2.45, 2.75) is 37.8 Å². The lowest BCUT2D eigenvalue weighted by Gasteiger charge is -2.15. The molecule has 1 fully saturated rings. The molecule has 1 aromatic carbocycles. The molecule has 0 saturated carbocycles. The van der Waals surface area contributed by atoms with Gasteiger partial charge < -0.3 is 9.73 Å². The quantitative estimate of drug-likeness (QED) is 0.844. The van der Waals surface area contributed by atoms with Gasteiger partial charge in [0.15, 0.2) is 0 Å². The van der Waals surface area contributed by atoms with E-state index < -0.39 is 0 Å². The number of aryl methyl sites for hydroxylation is 1. The molecule has 0 spiro atoms. The fourth-order valence-electron chi connectivity index (χ4n) is 3.03. The maximum Gasteiger partial charge on any atom is 0.226 e. The number of rotatable bonds is 5. The third kappa shape index (κ3) is 3.99. The Kier molecular flexibility index (Phi) is 5.26. The van der Waals surface area contributed by atoms with E-state index in [1.165, 1.54) is 4.90 Å². The Balaban J connectivity index is 1.67. The Morgan fingerprint density at radius 3 is 2.83 bits per heavy atom. The number of carbonyl (C=O) groups is 1. The van der Waals surface area contributed by atoms with Crippen LogP contribution in [0.1, 0.15) is 24.8 Å². The fraction of sp³-hybridized carbons (Fsp3) is 0.444. The first-order valence-corrected chi connectivity index (χ1v) is 9.38. The number of nitrogens with one attached hydrogen (secondary N) is 1. The first kappa shape index (κ1) is 17.0. The van der Waals surface area contributed by atoms with Crippen molar-refractivity contribution in [3.8, 4) is 11.5 Å². The zero-order valence-electron chi connectivity index (χ0n) is 14.3. The van der Waals surface area contributed by atoms with Crippen LogP contribution in [0.25, 0.3) is 11.5 Å². The van der Waals surface area contributed by atoms with E-state index in [2.05, 4.69) is 33.6 Å². The molecule has 1 aliphatic rings. The Bertz CT molecular complexity index is 712. The summed E-state index contributed by atoms with van der Waals surface area (Å²) in [4.78, 5) is 19.4. The molecule has 2 heterocycles. The van der Waals surface area contributed by atoms with Crippen molar-refractivity contribution in [1.82, 2.24) is 15.2 Å². The van der Waals surface area contributed by atoms with Crippen molar-refractivity contribution < 1.29 is 9.21 Å². The molecule has 3 rings (SSSR count). The van der Waals surface area contributed by atoms with Crippen molar-refractivity contribution >= 4 is 17.7 Å². The molecule has 128 valence electrons. The average molecular weight is 345 g/mol. The second kappa shape index (κ2) is 7.40. The second-order valence-electron chi connectivity index (χ2n) is 6.17. The number of carbonyl (C=O) groups excluding carboxylic acids is 1. The molecular formula is C18H23N3O2S. The fourth-order valence-corrected chi connectivity index (χ4v) is 3.43. The SMILES string of the molecule is CSc1ccc(-c2nc(CN3CC[C@H](NC(C)=O)C3)c(C)o2)cc1. The first-order valence-electron chi connectivity index (χ1n) is 8.15. The van der Waals surface area contributed by atoms with Gasteiger partial charge in [-0.3, -0.25) is 9.69 Å². The lowest BCUT2D eigenvalue weighted by atomic mass is 10.2. The van der Waals surface area contributed by atoms with E-state index in [1.54, 1.807) is 18.7 Å². The summed E-state index contributed by atoms with van der Waals surface area (Å²) in [5.74, 6) is 1.57. The number of nitrogens with zero attached hydrogens (tertiary/aromatic N) is 2. The number of amides is 1. The van der Waals surface area contributed by atoms with Gasteiger partial charge in [0.25, 0.3) is 0 Å². The van der Waals surface area contributed by atoms with E-state index in [4.69, 9.17) is 4.42 Å². The highest BCUT2D eigenvalue weighted by Gasteiger charge is 2.24. The average Bonchev–Trinajstić information content (AvgIpc) is 3.14. The standard InChI is InChI=1S/C18H23N3O2S/c1-12-17(11-21-9-8-15(10-21)19-13(2)22)20-18(23-12)14-4-6-16(24-3)7-5-14/h4-7,15H,8-11H2,1-3H3,(H,19,22)/t15-/m0/s1. The summed E-state index contributed by atoms with van der Waals surface area (Å²) in [5, 5.41) is 2.99. The van der Waals surface area contributed by atoms with Crippen molar-refractivity contribution in [2.24, 2.45) is 0 Å².